The van der Waals surface area contributed by atoms with Crippen molar-refractivity contribution >= 4 is 5.91 Å². The van der Waals surface area contributed by atoms with E-state index in [1.807, 2.05) is 0 Å². The number of rotatable bonds is 2. The third kappa shape index (κ3) is 3.07. The van der Waals surface area contributed by atoms with Crippen molar-refractivity contribution < 1.29 is 4.79 Å². The number of carbonyl (C=O) groups excluding carboxylic acids is 1. The second kappa shape index (κ2) is 7.11. The molecule has 156 valence electrons. The Bertz CT molecular complexity index is 769. The molecule has 29 heavy (non-hydrogen) atoms. The van der Waals surface area contributed by atoms with Crippen molar-refractivity contribution in [2.75, 3.05) is 19.6 Å². The van der Waals surface area contributed by atoms with E-state index in [0.717, 1.165) is 43.7 Å². The van der Waals surface area contributed by atoms with Crippen LogP contribution in [0.15, 0.2) is 24.3 Å². The molecule has 3 heteroatoms. The number of amides is 1. The van der Waals surface area contributed by atoms with Crippen LogP contribution in [0, 0.1) is 11.8 Å². The predicted molar refractivity (Wildman–Crippen MR) is 116 cm³/mol. The zero-order valence-electron chi connectivity index (χ0n) is 17.8. The molecule has 3 nitrogen and oxygen atoms in total. The summed E-state index contributed by atoms with van der Waals surface area (Å²) in [6, 6.07) is 10.4. The first kappa shape index (κ1) is 18.4. The first-order valence-electron chi connectivity index (χ1n) is 12.3. The number of likely N-dealkylation sites (tertiary alicyclic amines) is 2. The highest BCUT2D eigenvalue weighted by molar-refractivity contribution is 5.78. The van der Waals surface area contributed by atoms with Gasteiger partial charge in [0.15, 0.2) is 0 Å². The number of benzene rings is 1. The van der Waals surface area contributed by atoms with Gasteiger partial charge in [-0.3, -0.25) is 4.79 Å². The highest BCUT2D eigenvalue weighted by atomic mass is 16.2. The Morgan fingerprint density at radius 3 is 2.34 bits per heavy atom. The van der Waals surface area contributed by atoms with Gasteiger partial charge in [-0.05, 0) is 92.8 Å². The van der Waals surface area contributed by atoms with E-state index in [1.54, 1.807) is 5.56 Å². The van der Waals surface area contributed by atoms with E-state index in [2.05, 4.69) is 34.1 Å². The molecule has 5 aliphatic rings. The van der Waals surface area contributed by atoms with Crippen molar-refractivity contribution in [3.05, 3.63) is 35.4 Å². The van der Waals surface area contributed by atoms with Gasteiger partial charge in [0.25, 0.3) is 0 Å². The van der Waals surface area contributed by atoms with Crippen LogP contribution >= 0.6 is 0 Å². The zero-order chi connectivity index (χ0) is 19.4. The zero-order valence-corrected chi connectivity index (χ0v) is 17.8. The van der Waals surface area contributed by atoms with Crippen LogP contribution in [0.3, 0.4) is 0 Å². The van der Waals surface area contributed by atoms with Crippen molar-refractivity contribution in [2.45, 2.75) is 88.1 Å². The van der Waals surface area contributed by atoms with Gasteiger partial charge in [0, 0.05) is 19.0 Å². The molecule has 2 aliphatic heterocycles. The molecule has 2 saturated heterocycles. The minimum Gasteiger partial charge on any atom is -0.336 e. The first-order chi connectivity index (χ1) is 14.2. The smallest absolute Gasteiger partial charge is 0.223 e. The van der Waals surface area contributed by atoms with Crippen molar-refractivity contribution in [1.29, 1.82) is 0 Å². The third-order valence-corrected chi connectivity index (χ3v) is 9.41. The summed E-state index contributed by atoms with van der Waals surface area (Å²) in [4.78, 5) is 17.5. The van der Waals surface area contributed by atoms with Crippen LogP contribution in [-0.4, -0.2) is 41.4 Å². The van der Waals surface area contributed by atoms with Crippen LogP contribution in [0.2, 0.25) is 0 Å². The molecule has 1 amide bonds. The Balaban J connectivity index is 1.21. The summed E-state index contributed by atoms with van der Waals surface area (Å²) in [6.45, 7) is 3.53. The van der Waals surface area contributed by atoms with Crippen LogP contribution < -0.4 is 0 Å². The van der Waals surface area contributed by atoms with Gasteiger partial charge < -0.3 is 9.80 Å². The first-order valence-corrected chi connectivity index (χ1v) is 12.3. The number of fused-ring (bicyclic) bond motifs is 4. The highest BCUT2D eigenvalue weighted by Gasteiger charge is 2.46. The summed E-state index contributed by atoms with van der Waals surface area (Å²) < 4.78 is 0. The monoisotopic (exact) mass is 392 g/mol. The minimum absolute atomic E-state index is 0.332. The van der Waals surface area contributed by atoms with Gasteiger partial charge in [0.05, 0.1) is 6.04 Å². The maximum atomic E-state index is 12.4. The second-order valence-electron chi connectivity index (χ2n) is 10.8. The molecule has 3 aliphatic carbocycles. The lowest BCUT2D eigenvalue weighted by atomic mass is 9.63. The van der Waals surface area contributed by atoms with E-state index in [0.29, 0.717) is 17.4 Å². The largest absolute Gasteiger partial charge is 0.336 e. The Hall–Kier alpha value is -1.35. The Kier molecular flexibility index (Phi) is 4.52. The number of hydrogen-bond donors (Lipinski definition) is 0. The molecule has 2 heterocycles. The fourth-order valence-electron chi connectivity index (χ4n) is 7.90. The molecule has 1 aromatic carbocycles. The molecular formula is C26H36N2O. The maximum absolute atomic E-state index is 12.4. The van der Waals surface area contributed by atoms with Gasteiger partial charge in [-0.25, -0.2) is 0 Å². The molecular weight excluding hydrogens is 356 g/mol. The molecule has 0 N–H and O–H groups in total. The van der Waals surface area contributed by atoms with Gasteiger partial charge in [0.1, 0.15) is 0 Å². The summed E-state index contributed by atoms with van der Waals surface area (Å²) in [5.74, 6) is 2.44. The molecule has 2 bridgehead atoms. The minimum atomic E-state index is 0.332. The van der Waals surface area contributed by atoms with Crippen LogP contribution in [0.5, 0.6) is 0 Å². The van der Waals surface area contributed by atoms with Gasteiger partial charge >= 0.3 is 0 Å². The lowest BCUT2D eigenvalue weighted by Gasteiger charge is -2.50. The molecule has 4 fully saturated rings. The molecule has 1 unspecified atom stereocenters. The van der Waals surface area contributed by atoms with Gasteiger partial charge in [-0.15, -0.1) is 0 Å². The average Bonchev–Trinajstić information content (AvgIpc) is 3.33. The Morgan fingerprint density at radius 2 is 1.62 bits per heavy atom. The summed E-state index contributed by atoms with van der Waals surface area (Å²) in [7, 11) is 0. The summed E-state index contributed by atoms with van der Waals surface area (Å²) in [5.41, 5.74) is 3.41. The van der Waals surface area contributed by atoms with Crippen molar-refractivity contribution in [2.24, 2.45) is 11.8 Å². The fraction of sp³-hybridized carbons (Fsp3) is 0.731. The van der Waals surface area contributed by atoms with Crippen LogP contribution in [0.25, 0.3) is 0 Å². The van der Waals surface area contributed by atoms with Crippen molar-refractivity contribution in [1.82, 2.24) is 9.80 Å². The van der Waals surface area contributed by atoms with Crippen molar-refractivity contribution in [3.8, 4) is 0 Å². The lowest BCUT2D eigenvalue weighted by Crippen LogP contribution is -2.50. The quantitative estimate of drug-likeness (QED) is 0.703. The van der Waals surface area contributed by atoms with Gasteiger partial charge in [-0.1, -0.05) is 37.1 Å². The maximum Gasteiger partial charge on any atom is 0.223 e. The van der Waals surface area contributed by atoms with Crippen LogP contribution in [0.1, 0.15) is 87.8 Å². The predicted octanol–water partition coefficient (Wildman–Crippen LogP) is 5.06. The van der Waals surface area contributed by atoms with E-state index in [-0.39, 0.29) is 0 Å². The van der Waals surface area contributed by atoms with Gasteiger partial charge in [0.2, 0.25) is 5.91 Å². The SMILES string of the molecule is O=C1CCCN1[C@H]1CCC2(CCN([C@H]3CC4CC[C@H](C4)C3)CC2)c2ccccc21. The standard InChI is InChI=1S/C26H36N2O/c29-25-6-3-13-28(25)24-9-10-26(23-5-2-1-4-22(23)24)11-14-27(15-12-26)21-17-19-7-8-20(16-19)18-21/h1-2,4-5,19-21,24H,3,6-18H2/t19-,20?,21-,24+/m1/s1. The van der Waals surface area contributed by atoms with E-state index >= 15 is 0 Å². The normalized spacial score (nSPS) is 36.6. The molecule has 0 aromatic heterocycles. The molecule has 2 saturated carbocycles. The molecule has 1 aromatic rings. The Morgan fingerprint density at radius 1 is 0.862 bits per heavy atom. The van der Waals surface area contributed by atoms with E-state index in [9.17, 15) is 4.79 Å². The summed E-state index contributed by atoms with van der Waals surface area (Å²) in [5, 5.41) is 0. The van der Waals surface area contributed by atoms with Crippen LogP contribution in [-0.2, 0) is 10.2 Å². The van der Waals surface area contributed by atoms with E-state index in [1.165, 1.54) is 70.0 Å². The topological polar surface area (TPSA) is 23.6 Å². The molecule has 4 atom stereocenters. The van der Waals surface area contributed by atoms with E-state index in [4.69, 9.17) is 0 Å². The van der Waals surface area contributed by atoms with Crippen molar-refractivity contribution in [3.63, 3.8) is 0 Å². The fourth-order valence-corrected chi connectivity index (χ4v) is 7.90. The van der Waals surface area contributed by atoms with Gasteiger partial charge in [-0.2, -0.15) is 0 Å². The lowest BCUT2D eigenvalue weighted by molar-refractivity contribution is -0.130. The number of piperidine rings is 1. The third-order valence-electron chi connectivity index (χ3n) is 9.41. The molecule has 6 rings (SSSR count). The molecule has 0 radical (unpaired) electrons. The Labute approximate surface area is 175 Å². The number of carbonyl (C=O) groups is 1. The molecule has 1 spiro atoms. The van der Waals surface area contributed by atoms with E-state index < -0.39 is 0 Å². The summed E-state index contributed by atoms with van der Waals surface area (Å²) >= 11 is 0. The highest BCUT2D eigenvalue weighted by Crippen LogP contribution is 2.51. The summed E-state index contributed by atoms with van der Waals surface area (Å²) in [6.07, 6.45) is 14.3. The second-order valence-corrected chi connectivity index (χ2v) is 10.8. The van der Waals surface area contributed by atoms with Crippen LogP contribution in [0.4, 0.5) is 0 Å². The number of nitrogens with zero attached hydrogens (tertiary/aromatic N) is 2. The number of hydrogen-bond acceptors (Lipinski definition) is 2. The average molecular weight is 393 g/mol.